The first-order valence-electron chi connectivity index (χ1n) is 13.6. The normalized spacial score (nSPS) is 14.7. The molecule has 1 aliphatic rings. The maximum atomic E-state index is 14.7. The number of fused-ring (bicyclic) bond motifs is 2. The molecule has 0 saturated carbocycles. The molecule has 1 saturated heterocycles. The van der Waals surface area contributed by atoms with E-state index < -0.39 is 0 Å². The van der Waals surface area contributed by atoms with Gasteiger partial charge in [0.2, 0.25) is 0 Å². The van der Waals surface area contributed by atoms with Gasteiger partial charge in [-0.05, 0) is 61.6 Å². The van der Waals surface area contributed by atoms with E-state index in [1.165, 1.54) is 12.1 Å². The van der Waals surface area contributed by atoms with E-state index in [0.717, 1.165) is 30.0 Å². The van der Waals surface area contributed by atoms with Crippen LogP contribution in [0, 0.1) is 5.82 Å². The molecule has 0 spiro atoms. The number of nitrogens with two attached hydrogens (primary N) is 2. The van der Waals surface area contributed by atoms with E-state index in [0.29, 0.717) is 57.3 Å². The monoisotopic (exact) mass is 564 g/mol. The third-order valence-corrected chi connectivity index (χ3v) is 7.36. The van der Waals surface area contributed by atoms with Gasteiger partial charge >= 0.3 is 0 Å². The number of imidazole rings is 1. The first-order valence-corrected chi connectivity index (χ1v) is 13.6. The topological polar surface area (TPSA) is 167 Å². The lowest BCUT2D eigenvalue weighted by atomic mass is 9.99. The quantitative estimate of drug-likeness (QED) is 0.226. The van der Waals surface area contributed by atoms with Crippen LogP contribution in [-0.4, -0.2) is 84.8 Å². The zero-order chi connectivity index (χ0) is 29.0. The van der Waals surface area contributed by atoms with Crippen molar-refractivity contribution in [2.24, 2.45) is 11.5 Å². The third-order valence-electron chi connectivity index (χ3n) is 7.36. The van der Waals surface area contributed by atoms with E-state index in [4.69, 9.17) is 26.4 Å². The maximum Gasteiger partial charge on any atom is 0.162 e. The van der Waals surface area contributed by atoms with Gasteiger partial charge < -0.3 is 26.3 Å². The van der Waals surface area contributed by atoms with E-state index in [1.54, 1.807) is 18.6 Å². The molecule has 212 valence electrons. The molecule has 12 nitrogen and oxygen atoms in total. The Labute approximate surface area is 240 Å². The van der Waals surface area contributed by atoms with Crippen molar-refractivity contribution in [3.8, 4) is 34.0 Å². The number of likely N-dealkylation sites (N-methyl/N-ethyl adjacent to an activating group) is 1. The van der Waals surface area contributed by atoms with Gasteiger partial charge in [-0.25, -0.2) is 24.3 Å². The van der Waals surface area contributed by atoms with Crippen LogP contribution in [0.25, 0.3) is 56.2 Å². The number of nitrogens with one attached hydrogen (secondary N) is 2. The van der Waals surface area contributed by atoms with E-state index in [9.17, 15) is 4.39 Å². The highest BCUT2D eigenvalue weighted by atomic mass is 19.1. The lowest BCUT2D eigenvalue weighted by molar-refractivity contribution is 0.376. The first-order chi connectivity index (χ1) is 20.3. The molecule has 1 aliphatic heterocycles. The van der Waals surface area contributed by atoms with Gasteiger partial charge in [-0.1, -0.05) is 0 Å². The molecule has 6 aromatic rings. The number of H-pyrrole nitrogens is 2. The minimum atomic E-state index is -0.364. The fourth-order valence-corrected chi connectivity index (χ4v) is 5.27. The minimum absolute atomic E-state index is 0.154. The number of benzene rings is 1. The number of halogens is 1. The van der Waals surface area contributed by atoms with Crippen molar-refractivity contribution in [3.05, 3.63) is 66.4 Å². The molecule has 0 aliphatic carbocycles. The van der Waals surface area contributed by atoms with Crippen LogP contribution in [-0.2, 0) is 0 Å². The summed E-state index contributed by atoms with van der Waals surface area (Å²) >= 11 is 0. The van der Waals surface area contributed by atoms with Crippen LogP contribution >= 0.6 is 0 Å². The summed E-state index contributed by atoms with van der Waals surface area (Å²) in [5.41, 5.74) is 18.7. The number of aromatic amines is 2. The molecule has 6 N–H and O–H groups in total. The SMILES string of the molecule is CN(C)CC(N)c1cc(F)cc(-c2ccnc3[nH]c(-c4n[nH]c5ccc(-c6cncc(N7CC(N)C7)n6)nc45)nc23)c1. The predicted molar refractivity (Wildman–Crippen MR) is 159 cm³/mol. The number of rotatable bonds is 7. The molecule has 0 amide bonds. The summed E-state index contributed by atoms with van der Waals surface area (Å²) in [6.07, 6.45) is 5.08. The van der Waals surface area contributed by atoms with Crippen molar-refractivity contribution < 1.29 is 4.39 Å². The number of anilines is 1. The van der Waals surface area contributed by atoms with Gasteiger partial charge in [0, 0.05) is 43.5 Å². The van der Waals surface area contributed by atoms with E-state index in [2.05, 4.69) is 30.0 Å². The summed E-state index contributed by atoms with van der Waals surface area (Å²) in [5, 5.41) is 7.54. The molecular formula is C29H29FN12. The standard InChI is InChI=1S/C29H29FN12/c1-41(2)14-20(32)16-7-15(8-17(30)9-16)19-5-6-34-28-25(19)37-29(38-28)27-26-22(39-40-27)4-3-21(36-26)23-10-33-11-24(35-23)42-12-18(31)13-42/h3-11,18,20H,12-14,31-32H2,1-2H3,(H,39,40)(H,34,37,38). The Kier molecular flexibility index (Phi) is 6.34. The van der Waals surface area contributed by atoms with Crippen LogP contribution in [0.3, 0.4) is 0 Å². The number of aromatic nitrogens is 8. The molecule has 13 heteroatoms. The lowest BCUT2D eigenvalue weighted by Crippen LogP contribution is -2.56. The highest BCUT2D eigenvalue weighted by molar-refractivity contribution is 5.95. The number of hydrogen-bond donors (Lipinski definition) is 4. The summed E-state index contributed by atoms with van der Waals surface area (Å²) in [6.45, 7) is 2.08. The number of nitrogens with zero attached hydrogens (tertiary/aromatic N) is 8. The largest absolute Gasteiger partial charge is 0.352 e. The fraction of sp³-hybridized carbons (Fsp3) is 0.241. The molecule has 1 unspecified atom stereocenters. The van der Waals surface area contributed by atoms with Crippen LogP contribution in [0.5, 0.6) is 0 Å². The Balaban J connectivity index is 1.27. The van der Waals surface area contributed by atoms with Crippen molar-refractivity contribution in [2.45, 2.75) is 12.1 Å². The van der Waals surface area contributed by atoms with Crippen LogP contribution in [0.15, 0.2) is 55.0 Å². The fourth-order valence-electron chi connectivity index (χ4n) is 5.27. The average molecular weight is 565 g/mol. The summed E-state index contributed by atoms with van der Waals surface area (Å²) < 4.78 is 14.7. The zero-order valence-corrected chi connectivity index (χ0v) is 23.1. The number of pyridine rings is 2. The van der Waals surface area contributed by atoms with E-state index in [1.807, 2.05) is 43.3 Å². The maximum absolute atomic E-state index is 14.7. The highest BCUT2D eigenvalue weighted by Gasteiger charge is 2.25. The molecule has 42 heavy (non-hydrogen) atoms. The minimum Gasteiger partial charge on any atom is -0.352 e. The number of hydrogen-bond acceptors (Lipinski definition) is 10. The van der Waals surface area contributed by atoms with E-state index in [-0.39, 0.29) is 17.9 Å². The molecule has 1 atom stereocenters. The van der Waals surface area contributed by atoms with Gasteiger partial charge in [0.05, 0.1) is 23.6 Å². The third kappa shape index (κ3) is 4.72. The second kappa shape index (κ2) is 10.2. The van der Waals surface area contributed by atoms with Crippen LogP contribution in [0.1, 0.15) is 11.6 Å². The van der Waals surface area contributed by atoms with Crippen molar-refractivity contribution >= 4 is 28.0 Å². The smallest absolute Gasteiger partial charge is 0.162 e. The zero-order valence-electron chi connectivity index (χ0n) is 23.1. The summed E-state index contributed by atoms with van der Waals surface area (Å²) in [6, 6.07) is 10.3. The predicted octanol–water partition coefficient (Wildman–Crippen LogP) is 2.87. The van der Waals surface area contributed by atoms with Crippen molar-refractivity contribution in [3.63, 3.8) is 0 Å². The van der Waals surface area contributed by atoms with Gasteiger partial charge in [0.25, 0.3) is 0 Å². The Morgan fingerprint density at radius 1 is 1.05 bits per heavy atom. The van der Waals surface area contributed by atoms with E-state index >= 15 is 0 Å². The van der Waals surface area contributed by atoms with Crippen LogP contribution in [0.4, 0.5) is 10.2 Å². The average Bonchev–Trinajstić information content (AvgIpc) is 3.58. The van der Waals surface area contributed by atoms with Crippen molar-refractivity contribution in [1.29, 1.82) is 0 Å². The molecule has 5 aromatic heterocycles. The first kappa shape index (κ1) is 26.1. The second-order valence-corrected chi connectivity index (χ2v) is 10.9. The molecule has 0 radical (unpaired) electrons. The summed E-state index contributed by atoms with van der Waals surface area (Å²) in [4.78, 5) is 30.6. The van der Waals surface area contributed by atoms with Crippen molar-refractivity contribution in [2.75, 3.05) is 38.6 Å². The summed E-state index contributed by atoms with van der Waals surface area (Å²) in [7, 11) is 3.87. The van der Waals surface area contributed by atoms with Gasteiger partial charge in [0.1, 0.15) is 28.4 Å². The highest BCUT2D eigenvalue weighted by Crippen LogP contribution is 2.32. The Morgan fingerprint density at radius 3 is 2.71 bits per heavy atom. The molecule has 1 aromatic carbocycles. The second-order valence-electron chi connectivity index (χ2n) is 10.9. The van der Waals surface area contributed by atoms with Gasteiger partial charge in [-0.15, -0.1) is 0 Å². The lowest BCUT2D eigenvalue weighted by Gasteiger charge is -2.37. The summed E-state index contributed by atoms with van der Waals surface area (Å²) in [5.74, 6) is 0.885. The molecule has 7 rings (SSSR count). The van der Waals surface area contributed by atoms with Crippen molar-refractivity contribution in [1.82, 2.24) is 45.0 Å². The Bertz CT molecular complexity index is 1920. The van der Waals surface area contributed by atoms with Gasteiger partial charge in [0.15, 0.2) is 17.2 Å². The molecular weight excluding hydrogens is 535 g/mol. The Hall–Kier alpha value is -4.85. The van der Waals surface area contributed by atoms with Crippen LogP contribution in [0.2, 0.25) is 0 Å². The van der Waals surface area contributed by atoms with Crippen LogP contribution < -0.4 is 16.4 Å². The molecule has 6 heterocycles. The Morgan fingerprint density at radius 2 is 1.90 bits per heavy atom. The van der Waals surface area contributed by atoms with Gasteiger partial charge in [-0.3, -0.25) is 10.1 Å². The molecule has 1 fully saturated rings. The van der Waals surface area contributed by atoms with Gasteiger partial charge in [-0.2, -0.15) is 5.10 Å². The molecule has 0 bridgehead atoms.